The van der Waals surface area contributed by atoms with Crippen molar-refractivity contribution in [3.63, 3.8) is 0 Å². The van der Waals surface area contributed by atoms with Crippen molar-refractivity contribution >= 4 is 79.8 Å². The van der Waals surface area contributed by atoms with Crippen molar-refractivity contribution in [2.45, 2.75) is 28.5 Å². The van der Waals surface area contributed by atoms with E-state index in [9.17, 15) is 47.6 Å². The van der Waals surface area contributed by atoms with Crippen molar-refractivity contribution in [2.24, 2.45) is 17.8 Å². The summed E-state index contributed by atoms with van der Waals surface area (Å²) in [6, 6.07) is 8.45. The molecule has 3 aromatic carbocycles. The molecule has 1 N–H and O–H groups in total. The minimum Gasteiger partial charge on any atom is -0.508 e. The molecule has 258 valence electrons. The fourth-order valence-electron chi connectivity index (χ4n) is 7.65. The van der Waals surface area contributed by atoms with Crippen molar-refractivity contribution in [1.29, 1.82) is 0 Å². The first-order chi connectivity index (χ1) is 23.5. The largest absolute Gasteiger partial charge is 0.508 e. The number of carbonyl (C=O) groups excluding carboxylic acids is 4. The third kappa shape index (κ3) is 4.30. The number of hydrogen-bond acceptors (Lipinski definition) is 7. The van der Waals surface area contributed by atoms with Gasteiger partial charge in [-0.2, -0.15) is 0 Å². The number of phenolic OH excluding ortho intramolecular Hbond substituents is 1. The lowest BCUT2D eigenvalue weighted by molar-refractivity contribution is -0.384. The molecule has 18 heteroatoms. The second-order valence-corrected chi connectivity index (χ2v) is 14.3. The van der Waals surface area contributed by atoms with Crippen LogP contribution in [0, 0.1) is 57.0 Å². The smallest absolute Gasteiger partial charge is 0.269 e. The monoisotopic (exact) mass is 799 g/mol. The minimum atomic E-state index is -2.80. The Labute approximate surface area is 295 Å². The number of allylic oxidation sites excluding steroid dienone is 2. The molecule has 2 aliphatic carbocycles. The number of nitrogens with zero attached hydrogens (tertiary/aromatic N) is 3. The number of nitro benzene ring substituents is 1. The number of rotatable bonds is 4. The van der Waals surface area contributed by atoms with Gasteiger partial charge in [0.2, 0.25) is 17.6 Å². The molecule has 1 saturated carbocycles. The van der Waals surface area contributed by atoms with E-state index < -0.39 is 109 Å². The van der Waals surface area contributed by atoms with Gasteiger partial charge in [-0.1, -0.05) is 27.6 Å². The molecule has 2 saturated heterocycles. The zero-order valence-corrected chi connectivity index (χ0v) is 27.7. The Bertz CT molecular complexity index is 2130. The van der Waals surface area contributed by atoms with Crippen molar-refractivity contribution in [3.05, 3.63) is 103 Å². The van der Waals surface area contributed by atoms with Gasteiger partial charge in [-0.15, -0.1) is 23.2 Å². The summed E-state index contributed by atoms with van der Waals surface area (Å²) in [7, 11) is 0. The lowest BCUT2D eigenvalue weighted by Gasteiger charge is -2.50. The third-order valence-corrected chi connectivity index (χ3v) is 11.7. The lowest BCUT2D eigenvalue weighted by atomic mass is 9.56. The van der Waals surface area contributed by atoms with Gasteiger partial charge < -0.3 is 5.11 Å². The number of halogens is 8. The van der Waals surface area contributed by atoms with Gasteiger partial charge in [-0.25, -0.2) is 26.9 Å². The van der Waals surface area contributed by atoms with E-state index in [-0.39, 0.29) is 33.8 Å². The summed E-state index contributed by atoms with van der Waals surface area (Å²) in [6.07, 6.45) is 0.599. The Morgan fingerprint density at radius 3 is 2.04 bits per heavy atom. The maximum absolute atomic E-state index is 15.2. The molecule has 7 rings (SSSR count). The van der Waals surface area contributed by atoms with E-state index in [2.05, 4.69) is 15.9 Å². The van der Waals surface area contributed by atoms with Crippen LogP contribution in [0.25, 0.3) is 0 Å². The Hall–Kier alpha value is -4.41. The fraction of sp³-hybridized carbons (Fsp3) is 0.250. The lowest BCUT2D eigenvalue weighted by Crippen LogP contribution is -2.60. The van der Waals surface area contributed by atoms with Crippen molar-refractivity contribution in [1.82, 2.24) is 0 Å². The van der Waals surface area contributed by atoms with Crippen LogP contribution < -0.4 is 9.80 Å². The van der Waals surface area contributed by atoms with E-state index in [4.69, 9.17) is 23.2 Å². The predicted octanol–water partition coefficient (Wildman–Crippen LogP) is 6.53. The van der Waals surface area contributed by atoms with Gasteiger partial charge in [0.05, 0.1) is 22.4 Å². The first-order valence-corrected chi connectivity index (χ1v) is 16.1. The molecule has 3 aromatic rings. The first-order valence-electron chi connectivity index (χ1n) is 14.6. The van der Waals surface area contributed by atoms with Gasteiger partial charge in [0.15, 0.2) is 33.0 Å². The topological polar surface area (TPSA) is 138 Å². The normalized spacial score (nSPS) is 28.8. The maximum atomic E-state index is 15.2. The second-order valence-electron chi connectivity index (χ2n) is 12.2. The van der Waals surface area contributed by atoms with Gasteiger partial charge in [-0.3, -0.25) is 34.2 Å². The highest BCUT2D eigenvalue weighted by Crippen LogP contribution is 2.67. The number of anilines is 2. The van der Waals surface area contributed by atoms with E-state index in [1.165, 1.54) is 36.4 Å². The SMILES string of the molecule is O=C1[C@H]2[C@H](CC=C3[C@H]2C[C@@]2(Cl)C(=O)N(c4c(F)c(F)c(F)c(F)c4F)C(=O)[C@@]2(Cl)[C@H]3c2cc(Br)ccc2O)C(=O)N1c1ccc([N+](=O)[O-])cc1. The molecule has 50 heavy (non-hydrogen) atoms. The molecule has 2 aliphatic heterocycles. The second kappa shape index (κ2) is 11.3. The minimum absolute atomic E-state index is 0.00423. The molecule has 4 aliphatic rings. The standard InChI is InChI=1S/C32H17BrCl2F5N3O7/c33-11-1-8-18(44)16(9-11)20-14-6-7-15-19(28(46)41(27(15)45)12-2-4-13(5-3-12)43(49)50)17(14)10-31(34)29(47)42(30(48)32(20,31)35)26-24(39)22(37)21(36)23(38)25(26)40/h1-6,8-9,15,17,19-20,44H,7,10H2/t15-,17+,19-,20+,31+,32-/m0/s1. The maximum Gasteiger partial charge on any atom is 0.269 e. The molecule has 0 aromatic heterocycles. The summed E-state index contributed by atoms with van der Waals surface area (Å²) in [4.78, 5) is 61.8. The van der Waals surface area contributed by atoms with E-state index in [0.717, 1.165) is 17.0 Å². The molecule has 10 nitrogen and oxygen atoms in total. The van der Waals surface area contributed by atoms with Crippen LogP contribution in [-0.4, -0.2) is 43.4 Å². The molecule has 2 heterocycles. The Morgan fingerprint density at radius 1 is 0.840 bits per heavy atom. The van der Waals surface area contributed by atoms with Crippen LogP contribution in [0.2, 0.25) is 0 Å². The van der Waals surface area contributed by atoms with E-state index in [1.54, 1.807) is 0 Å². The molecule has 0 bridgehead atoms. The van der Waals surface area contributed by atoms with Crippen LogP contribution in [0.15, 0.2) is 58.6 Å². The molecule has 6 atom stereocenters. The summed E-state index contributed by atoms with van der Waals surface area (Å²) in [6.45, 7) is 0. The van der Waals surface area contributed by atoms with Gasteiger partial charge in [-0.05, 0) is 49.1 Å². The van der Waals surface area contributed by atoms with Crippen LogP contribution in [0.5, 0.6) is 5.75 Å². The third-order valence-electron chi connectivity index (χ3n) is 9.84. The summed E-state index contributed by atoms with van der Waals surface area (Å²) >= 11 is 17.4. The first kappa shape index (κ1) is 34.1. The number of phenols is 1. The Morgan fingerprint density at radius 2 is 1.44 bits per heavy atom. The van der Waals surface area contributed by atoms with Crippen LogP contribution in [0.1, 0.15) is 24.3 Å². The molecule has 0 spiro atoms. The number of non-ortho nitro benzene ring substituents is 1. The predicted molar refractivity (Wildman–Crippen MR) is 168 cm³/mol. The Balaban J connectivity index is 1.42. The number of imide groups is 2. The molecule has 4 amide bonds. The van der Waals surface area contributed by atoms with Gasteiger partial charge >= 0.3 is 0 Å². The summed E-state index contributed by atoms with van der Waals surface area (Å²) < 4.78 is 73.4. The summed E-state index contributed by atoms with van der Waals surface area (Å²) in [5.41, 5.74) is -2.26. The number of hydrogen-bond donors (Lipinski definition) is 1. The number of benzene rings is 3. The number of fused-ring (bicyclic) bond motifs is 4. The van der Waals surface area contributed by atoms with Crippen molar-refractivity contribution in [2.75, 3.05) is 9.80 Å². The van der Waals surface area contributed by atoms with Crippen molar-refractivity contribution in [3.8, 4) is 5.75 Å². The quantitative estimate of drug-likeness (QED) is 0.0463. The Kier molecular flexibility index (Phi) is 7.70. The van der Waals surface area contributed by atoms with E-state index in [0.29, 0.717) is 4.47 Å². The average molecular weight is 801 g/mol. The average Bonchev–Trinajstić information content (AvgIpc) is 3.42. The molecular formula is C32H17BrCl2F5N3O7. The number of carbonyl (C=O) groups is 4. The highest BCUT2D eigenvalue weighted by Gasteiger charge is 2.77. The zero-order chi connectivity index (χ0) is 36.4. The highest BCUT2D eigenvalue weighted by molar-refractivity contribution is 9.10. The number of nitro groups is 1. The number of amides is 4. The summed E-state index contributed by atoms with van der Waals surface area (Å²) in [5.74, 6) is -23.1. The van der Waals surface area contributed by atoms with Crippen LogP contribution in [-0.2, 0) is 19.2 Å². The molecular weight excluding hydrogens is 784 g/mol. The van der Waals surface area contributed by atoms with Gasteiger partial charge in [0.1, 0.15) is 11.4 Å². The van der Waals surface area contributed by atoms with Crippen LogP contribution in [0.3, 0.4) is 0 Å². The van der Waals surface area contributed by atoms with Gasteiger partial charge in [0.25, 0.3) is 17.5 Å². The van der Waals surface area contributed by atoms with E-state index >= 15 is 8.78 Å². The van der Waals surface area contributed by atoms with Crippen LogP contribution >= 0.6 is 39.1 Å². The molecule has 0 unspecified atom stereocenters. The zero-order valence-electron chi connectivity index (χ0n) is 24.6. The fourth-order valence-corrected chi connectivity index (χ4v) is 8.95. The van der Waals surface area contributed by atoms with Crippen molar-refractivity contribution < 1.29 is 51.2 Å². The number of alkyl halides is 2. The van der Waals surface area contributed by atoms with Crippen LogP contribution in [0.4, 0.5) is 39.0 Å². The molecule has 3 fully saturated rings. The molecule has 0 radical (unpaired) electrons. The summed E-state index contributed by atoms with van der Waals surface area (Å²) in [5, 5.41) is 22.2. The number of aromatic hydroxyl groups is 1. The highest BCUT2D eigenvalue weighted by atomic mass is 79.9. The van der Waals surface area contributed by atoms with E-state index in [1.807, 2.05) is 0 Å². The van der Waals surface area contributed by atoms with Gasteiger partial charge in [0, 0.05) is 28.1 Å².